The van der Waals surface area contributed by atoms with Crippen molar-refractivity contribution in [3.8, 4) is 0 Å². The minimum absolute atomic E-state index is 0.167. The average molecular weight is 274 g/mol. The van der Waals surface area contributed by atoms with Crippen molar-refractivity contribution in [3.63, 3.8) is 0 Å². The van der Waals surface area contributed by atoms with Crippen LogP contribution in [0.5, 0.6) is 0 Å². The molecule has 0 radical (unpaired) electrons. The van der Waals surface area contributed by atoms with Gasteiger partial charge in [-0.3, -0.25) is 0 Å². The van der Waals surface area contributed by atoms with Crippen molar-refractivity contribution in [1.29, 1.82) is 0 Å². The number of piperidine rings is 1. The number of amidine groups is 1. The van der Waals surface area contributed by atoms with Crippen molar-refractivity contribution in [2.45, 2.75) is 39.0 Å². The summed E-state index contributed by atoms with van der Waals surface area (Å²) in [6.45, 7) is 4.29. The zero-order valence-electron chi connectivity index (χ0n) is 12.0. The van der Waals surface area contributed by atoms with Crippen LogP contribution in [-0.2, 0) is 12.8 Å². The Morgan fingerprint density at radius 2 is 2.15 bits per heavy atom. The summed E-state index contributed by atoms with van der Waals surface area (Å²) in [5, 5.41) is 12.2. The van der Waals surface area contributed by atoms with Crippen LogP contribution >= 0.6 is 0 Å². The summed E-state index contributed by atoms with van der Waals surface area (Å²) in [7, 11) is 0. The Bertz CT molecular complexity index is 533. The third-order valence-corrected chi connectivity index (χ3v) is 4.50. The van der Waals surface area contributed by atoms with E-state index in [9.17, 15) is 0 Å². The SMILES string of the molecule is CC1CCN(c2nc3c(cc2C(N)=NO)CCC3)CC1. The van der Waals surface area contributed by atoms with Gasteiger partial charge in [0.05, 0.1) is 5.56 Å². The zero-order valence-corrected chi connectivity index (χ0v) is 12.0. The van der Waals surface area contributed by atoms with E-state index in [-0.39, 0.29) is 5.84 Å². The Hall–Kier alpha value is -1.78. The van der Waals surface area contributed by atoms with Crippen LogP contribution in [0.2, 0.25) is 0 Å². The van der Waals surface area contributed by atoms with E-state index in [2.05, 4.69) is 23.0 Å². The number of pyridine rings is 1. The van der Waals surface area contributed by atoms with Crippen LogP contribution in [0.25, 0.3) is 0 Å². The summed E-state index contributed by atoms with van der Waals surface area (Å²) < 4.78 is 0. The molecule has 1 fully saturated rings. The summed E-state index contributed by atoms with van der Waals surface area (Å²) in [5.74, 6) is 1.83. The molecular formula is C15H22N4O. The number of nitrogens with zero attached hydrogens (tertiary/aromatic N) is 3. The summed E-state index contributed by atoms with van der Waals surface area (Å²) in [6.07, 6.45) is 5.59. The topological polar surface area (TPSA) is 74.7 Å². The smallest absolute Gasteiger partial charge is 0.173 e. The quantitative estimate of drug-likeness (QED) is 0.374. The highest BCUT2D eigenvalue weighted by Crippen LogP contribution is 2.29. The third-order valence-electron chi connectivity index (χ3n) is 4.50. The van der Waals surface area contributed by atoms with E-state index >= 15 is 0 Å². The molecule has 0 amide bonds. The van der Waals surface area contributed by atoms with Gasteiger partial charge in [0.25, 0.3) is 0 Å². The Balaban J connectivity index is 1.99. The van der Waals surface area contributed by atoms with Crippen LogP contribution < -0.4 is 10.6 Å². The minimum Gasteiger partial charge on any atom is -0.409 e. The molecule has 5 nitrogen and oxygen atoms in total. The van der Waals surface area contributed by atoms with Crippen molar-refractivity contribution in [2.24, 2.45) is 16.8 Å². The van der Waals surface area contributed by atoms with Gasteiger partial charge in [-0.25, -0.2) is 4.98 Å². The lowest BCUT2D eigenvalue weighted by molar-refractivity contribution is 0.318. The molecule has 1 saturated heterocycles. The Kier molecular flexibility index (Phi) is 3.51. The predicted molar refractivity (Wildman–Crippen MR) is 79.4 cm³/mol. The molecule has 2 aliphatic rings. The second-order valence-corrected chi connectivity index (χ2v) is 5.97. The van der Waals surface area contributed by atoms with Crippen LogP contribution in [0.1, 0.15) is 43.0 Å². The summed E-state index contributed by atoms with van der Waals surface area (Å²) >= 11 is 0. The molecule has 1 aromatic heterocycles. The van der Waals surface area contributed by atoms with Gasteiger partial charge in [0.15, 0.2) is 5.84 Å². The van der Waals surface area contributed by atoms with E-state index < -0.39 is 0 Å². The number of aryl methyl sites for hydroxylation is 2. The molecule has 0 saturated carbocycles. The van der Waals surface area contributed by atoms with Gasteiger partial charge in [0.1, 0.15) is 5.82 Å². The molecule has 3 N–H and O–H groups in total. The van der Waals surface area contributed by atoms with E-state index in [4.69, 9.17) is 15.9 Å². The first-order valence-corrected chi connectivity index (χ1v) is 7.44. The van der Waals surface area contributed by atoms with Crippen molar-refractivity contribution < 1.29 is 5.21 Å². The number of rotatable bonds is 2. The Morgan fingerprint density at radius 1 is 1.40 bits per heavy atom. The molecule has 3 rings (SSSR count). The number of hydrogen-bond donors (Lipinski definition) is 2. The van der Waals surface area contributed by atoms with Crippen LogP contribution in [0.3, 0.4) is 0 Å². The van der Waals surface area contributed by atoms with Crippen LogP contribution in [0, 0.1) is 5.92 Å². The summed E-state index contributed by atoms with van der Waals surface area (Å²) in [4.78, 5) is 7.11. The van der Waals surface area contributed by atoms with Gasteiger partial charge in [-0.15, -0.1) is 0 Å². The van der Waals surface area contributed by atoms with E-state index in [0.717, 1.165) is 49.7 Å². The largest absolute Gasteiger partial charge is 0.409 e. The van der Waals surface area contributed by atoms with Crippen molar-refractivity contribution in [1.82, 2.24) is 4.98 Å². The maximum absolute atomic E-state index is 9.02. The van der Waals surface area contributed by atoms with Gasteiger partial charge in [0.2, 0.25) is 0 Å². The lowest BCUT2D eigenvalue weighted by Gasteiger charge is -2.32. The van der Waals surface area contributed by atoms with E-state index in [1.54, 1.807) is 0 Å². The van der Waals surface area contributed by atoms with E-state index in [1.165, 1.54) is 24.1 Å². The second-order valence-electron chi connectivity index (χ2n) is 5.97. The zero-order chi connectivity index (χ0) is 14.1. The standard InChI is InChI=1S/C15H22N4O/c1-10-5-7-19(8-6-10)15-12(14(16)18-20)9-11-3-2-4-13(11)17-15/h9-10,20H,2-8H2,1H3,(H2,16,18). The fourth-order valence-corrected chi connectivity index (χ4v) is 3.16. The van der Waals surface area contributed by atoms with Gasteiger partial charge >= 0.3 is 0 Å². The Morgan fingerprint density at radius 3 is 2.85 bits per heavy atom. The number of aromatic nitrogens is 1. The summed E-state index contributed by atoms with van der Waals surface area (Å²) in [5.41, 5.74) is 9.08. The van der Waals surface area contributed by atoms with Crippen LogP contribution in [0.4, 0.5) is 5.82 Å². The fraction of sp³-hybridized carbons (Fsp3) is 0.600. The second kappa shape index (κ2) is 5.31. The van der Waals surface area contributed by atoms with E-state index in [0.29, 0.717) is 0 Å². The van der Waals surface area contributed by atoms with Gasteiger partial charge in [0, 0.05) is 18.8 Å². The van der Waals surface area contributed by atoms with Gasteiger partial charge in [-0.05, 0) is 49.7 Å². The van der Waals surface area contributed by atoms with E-state index in [1.807, 2.05) is 0 Å². The first kappa shape index (κ1) is 13.2. The van der Waals surface area contributed by atoms with Gasteiger partial charge < -0.3 is 15.8 Å². The number of nitrogens with two attached hydrogens (primary N) is 1. The van der Waals surface area contributed by atoms with Crippen molar-refractivity contribution >= 4 is 11.7 Å². The monoisotopic (exact) mass is 274 g/mol. The molecule has 0 unspecified atom stereocenters. The third kappa shape index (κ3) is 2.32. The minimum atomic E-state index is 0.167. The fourth-order valence-electron chi connectivity index (χ4n) is 3.16. The first-order chi connectivity index (χ1) is 9.69. The number of fused-ring (bicyclic) bond motifs is 1. The predicted octanol–water partition coefficient (Wildman–Crippen LogP) is 1.90. The maximum atomic E-state index is 9.02. The molecule has 20 heavy (non-hydrogen) atoms. The average Bonchev–Trinajstić information content (AvgIpc) is 2.93. The first-order valence-electron chi connectivity index (χ1n) is 7.44. The van der Waals surface area contributed by atoms with Crippen LogP contribution in [-0.4, -0.2) is 29.1 Å². The molecule has 108 valence electrons. The van der Waals surface area contributed by atoms with Gasteiger partial charge in [-0.2, -0.15) is 0 Å². The molecule has 0 bridgehead atoms. The molecule has 2 heterocycles. The van der Waals surface area contributed by atoms with Gasteiger partial charge in [-0.1, -0.05) is 12.1 Å². The molecule has 1 aliphatic carbocycles. The highest BCUT2D eigenvalue weighted by Gasteiger charge is 2.24. The number of oxime groups is 1. The van der Waals surface area contributed by atoms with Crippen LogP contribution in [0.15, 0.2) is 11.2 Å². The highest BCUT2D eigenvalue weighted by molar-refractivity contribution is 6.01. The summed E-state index contributed by atoms with van der Waals surface area (Å²) in [6, 6.07) is 2.07. The normalized spacial score (nSPS) is 20.2. The molecule has 5 heteroatoms. The highest BCUT2D eigenvalue weighted by atomic mass is 16.4. The maximum Gasteiger partial charge on any atom is 0.173 e. The number of anilines is 1. The molecule has 1 aliphatic heterocycles. The van der Waals surface area contributed by atoms with Crippen molar-refractivity contribution in [3.05, 3.63) is 22.9 Å². The lowest BCUT2D eigenvalue weighted by atomic mass is 9.98. The molecule has 0 atom stereocenters. The van der Waals surface area contributed by atoms with Crippen molar-refractivity contribution in [2.75, 3.05) is 18.0 Å². The molecule has 0 spiro atoms. The molecule has 1 aromatic rings. The Labute approximate surface area is 119 Å². The molecular weight excluding hydrogens is 252 g/mol. The number of hydrogen-bond acceptors (Lipinski definition) is 4. The lowest BCUT2D eigenvalue weighted by Crippen LogP contribution is -2.35. The molecule has 0 aromatic carbocycles.